The summed E-state index contributed by atoms with van der Waals surface area (Å²) in [6.07, 6.45) is 0. The number of carbonyl (C=O) groups excluding carboxylic acids is 1. The second kappa shape index (κ2) is 6.17. The Balaban J connectivity index is 2.37. The number of hydrogen-bond donors (Lipinski definition) is 2. The van der Waals surface area contributed by atoms with Crippen LogP contribution in [0.2, 0.25) is 0 Å². The number of methoxy groups -OCH3 is 2. The van der Waals surface area contributed by atoms with Crippen LogP contribution in [0.1, 0.15) is 15.9 Å². The van der Waals surface area contributed by atoms with Crippen molar-refractivity contribution in [2.24, 2.45) is 0 Å². The molecule has 0 saturated carbocycles. The van der Waals surface area contributed by atoms with Gasteiger partial charge in [-0.3, -0.25) is 4.79 Å². The van der Waals surface area contributed by atoms with E-state index in [1.165, 1.54) is 14.2 Å². The summed E-state index contributed by atoms with van der Waals surface area (Å²) < 4.78 is 10.3. The number of nitrogens with one attached hydrogen (secondary N) is 1. The van der Waals surface area contributed by atoms with Crippen molar-refractivity contribution in [3.63, 3.8) is 0 Å². The van der Waals surface area contributed by atoms with Crippen LogP contribution in [0, 0.1) is 6.92 Å². The molecule has 5 heteroatoms. The highest BCUT2D eigenvalue weighted by Crippen LogP contribution is 2.31. The number of nitrogens with two attached hydrogens (primary N) is 1. The summed E-state index contributed by atoms with van der Waals surface area (Å²) in [5, 5.41) is 2.84. The average Bonchev–Trinajstić information content (AvgIpc) is 2.49. The number of ether oxygens (including phenoxy) is 2. The third-order valence-corrected chi connectivity index (χ3v) is 3.21. The van der Waals surface area contributed by atoms with Crippen molar-refractivity contribution >= 4 is 17.3 Å². The third kappa shape index (κ3) is 3.08. The van der Waals surface area contributed by atoms with Crippen LogP contribution in [0.3, 0.4) is 0 Å². The van der Waals surface area contributed by atoms with E-state index in [1.807, 2.05) is 31.2 Å². The van der Waals surface area contributed by atoms with Gasteiger partial charge in [0.1, 0.15) is 11.5 Å². The molecule has 1 amide bonds. The molecule has 0 atom stereocenters. The topological polar surface area (TPSA) is 73.6 Å². The van der Waals surface area contributed by atoms with Gasteiger partial charge in [-0.05, 0) is 24.6 Å². The van der Waals surface area contributed by atoms with Crippen molar-refractivity contribution in [3.05, 3.63) is 47.5 Å². The first-order valence-corrected chi connectivity index (χ1v) is 6.45. The minimum absolute atomic E-state index is 0.282. The number of hydrogen-bond acceptors (Lipinski definition) is 4. The fourth-order valence-electron chi connectivity index (χ4n) is 1.98. The van der Waals surface area contributed by atoms with Crippen molar-refractivity contribution in [1.82, 2.24) is 0 Å². The molecule has 0 fully saturated rings. The molecule has 0 spiro atoms. The summed E-state index contributed by atoms with van der Waals surface area (Å²) in [5.41, 5.74) is 8.28. The van der Waals surface area contributed by atoms with E-state index in [2.05, 4.69) is 5.32 Å². The van der Waals surface area contributed by atoms with Crippen LogP contribution >= 0.6 is 0 Å². The second-order valence-electron chi connectivity index (χ2n) is 4.56. The van der Waals surface area contributed by atoms with Gasteiger partial charge in [0.15, 0.2) is 0 Å². The maximum absolute atomic E-state index is 12.4. The molecular weight excluding hydrogens is 268 g/mol. The summed E-state index contributed by atoms with van der Waals surface area (Å²) in [7, 11) is 3.02. The molecule has 2 rings (SSSR count). The molecule has 0 aromatic heterocycles. The van der Waals surface area contributed by atoms with Gasteiger partial charge in [-0.2, -0.15) is 0 Å². The predicted octanol–water partition coefficient (Wildman–Crippen LogP) is 2.85. The van der Waals surface area contributed by atoms with Gasteiger partial charge in [-0.1, -0.05) is 18.2 Å². The fourth-order valence-corrected chi connectivity index (χ4v) is 1.98. The van der Waals surface area contributed by atoms with Crippen LogP contribution in [-0.2, 0) is 0 Å². The number of aryl methyl sites for hydroxylation is 1. The minimum Gasteiger partial charge on any atom is -0.497 e. The number of nitrogen functional groups attached to an aromatic ring is 1. The monoisotopic (exact) mass is 286 g/mol. The first-order chi connectivity index (χ1) is 10.1. The van der Waals surface area contributed by atoms with E-state index in [0.29, 0.717) is 17.1 Å². The van der Waals surface area contributed by atoms with E-state index in [4.69, 9.17) is 15.2 Å². The van der Waals surface area contributed by atoms with Crippen LogP contribution in [0.5, 0.6) is 11.5 Å². The van der Waals surface area contributed by atoms with Crippen LogP contribution < -0.4 is 20.5 Å². The Morgan fingerprint density at radius 2 is 1.86 bits per heavy atom. The van der Waals surface area contributed by atoms with E-state index in [9.17, 15) is 4.79 Å². The molecule has 110 valence electrons. The zero-order valence-electron chi connectivity index (χ0n) is 12.3. The summed E-state index contributed by atoms with van der Waals surface area (Å²) in [6, 6.07) is 10.8. The fraction of sp³-hybridized carbons (Fsp3) is 0.188. The van der Waals surface area contributed by atoms with Crippen molar-refractivity contribution in [2.45, 2.75) is 6.92 Å². The molecule has 2 aromatic rings. The van der Waals surface area contributed by atoms with E-state index in [1.54, 1.807) is 12.1 Å². The Morgan fingerprint density at radius 1 is 1.14 bits per heavy atom. The molecule has 5 nitrogen and oxygen atoms in total. The van der Waals surface area contributed by atoms with Crippen molar-refractivity contribution in [2.75, 3.05) is 25.3 Å². The van der Waals surface area contributed by atoms with Crippen LogP contribution in [0.4, 0.5) is 11.4 Å². The van der Waals surface area contributed by atoms with E-state index in [0.717, 1.165) is 11.3 Å². The zero-order chi connectivity index (χ0) is 15.4. The summed E-state index contributed by atoms with van der Waals surface area (Å²) in [6.45, 7) is 1.92. The standard InChI is InChI=1S/C16H18N2O3/c1-10-6-4-5-7-13(10)18-16(19)12-8-11(20-2)9-14(21-3)15(12)17/h4-9H,17H2,1-3H3,(H,18,19). The lowest BCUT2D eigenvalue weighted by molar-refractivity contribution is 0.102. The largest absolute Gasteiger partial charge is 0.497 e. The first kappa shape index (κ1) is 14.7. The SMILES string of the molecule is COc1cc(OC)c(N)c(C(=O)Nc2ccccc2C)c1. The van der Waals surface area contributed by atoms with E-state index >= 15 is 0 Å². The second-order valence-corrected chi connectivity index (χ2v) is 4.56. The number of para-hydroxylation sites is 1. The Morgan fingerprint density at radius 3 is 2.48 bits per heavy atom. The van der Waals surface area contributed by atoms with E-state index in [-0.39, 0.29) is 11.6 Å². The Bertz CT molecular complexity index is 669. The van der Waals surface area contributed by atoms with Gasteiger partial charge in [0.25, 0.3) is 5.91 Å². The van der Waals surface area contributed by atoms with Gasteiger partial charge in [0, 0.05) is 11.8 Å². The molecule has 0 heterocycles. The smallest absolute Gasteiger partial charge is 0.258 e. The van der Waals surface area contributed by atoms with Crippen LogP contribution in [0.15, 0.2) is 36.4 Å². The molecular formula is C16H18N2O3. The van der Waals surface area contributed by atoms with Gasteiger partial charge in [0.05, 0.1) is 25.5 Å². The van der Waals surface area contributed by atoms with Gasteiger partial charge < -0.3 is 20.5 Å². The van der Waals surface area contributed by atoms with Gasteiger partial charge in [-0.15, -0.1) is 0 Å². The average molecular weight is 286 g/mol. The number of amides is 1. The maximum atomic E-state index is 12.4. The maximum Gasteiger partial charge on any atom is 0.258 e. The number of benzene rings is 2. The highest BCUT2D eigenvalue weighted by molar-refractivity contribution is 6.09. The lowest BCUT2D eigenvalue weighted by atomic mass is 10.1. The molecule has 0 unspecified atom stereocenters. The predicted molar refractivity (Wildman–Crippen MR) is 83.1 cm³/mol. The zero-order valence-corrected chi connectivity index (χ0v) is 12.3. The highest BCUT2D eigenvalue weighted by Gasteiger charge is 2.16. The highest BCUT2D eigenvalue weighted by atomic mass is 16.5. The molecule has 0 aliphatic carbocycles. The number of anilines is 2. The molecule has 0 bridgehead atoms. The summed E-state index contributed by atoms with van der Waals surface area (Å²) in [5.74, 6) is 0.610. The summed E-state index contributed by atoms with van der Waals surface area (Å²) >= 11 is 0. The molecule has 0 radical (unpaired) electrons. The Kier molecular flexibility index (Phi) is 4.33. The molecule has 0 saturated heterocycles. The summed E-state index contributed by atoms with van der Waals surface area (Å²) in [4.78, 5) is 12.4. The van der Waals surface area contributed by atoms with Crippen molar-refractivity contribution in [1.29, 1.82) is 0 Å². The van der Waals surface area contributed by atoms with E-state index < -0.39 is 0 Å². The third-order valence-electron chi connectivity index (χ3n) is 3.21. The molecule has 21 heavy (non-hydrogen) atoms. The van der Waals surface area contributed by atoms with Crippen molar-refractivity contribution in [3.8, 4) is 11.5 Å². The Labute approximate surface area is 123 Å². The lowest BCUT2D eigenvalue weighted by Gasteiger charge is -2.13. The number of rotatable bonds is 4. The van der Waals surface area contributed by atoms with Crippen LogP contribution in [-0.4, -0.2) is 20.1 Å². The molecule has 0 aliphatic rings. The van der Waals surface area contributed by atoms with Gasteiger partial charge >= 0.3 is 0 Å². The number of carbonyl (C=O) groups is 1. The minimum atomic E-state index is -0.306. The van der Waals surface area contributed by atoms with Gasteiger partial charge in [0.2, 0.25) is 0 Å². The Hall–Kier alpha value is -2.69. The van der Waals surface area contributed by atoms with Crippen molar-refractivity contribution < 1.29 is 14.3 Å². The van der Waals surface area contributed by atoms with Gasteiger partial charge in [-0.25, -0.2) is 0 Å². The first-order valence-electron chi connectivity index (χ1n) is 6.45. The molecule has 0 aliphatic heterocycles. The normalized spacial score (nSPS) is 10.0. The van der Waals surface area contributed by atoms with Crippen LogP contribution in [0.25, 0.3) is 0 Å². The lowest BCUT2D eigenvalue weighted by Crippen LogP contribution is -2.15. The quantitative estimate of drug-likeness (QED) is 0.848. The molecule has 3 N–H and O–H groups in total. The molecule has 2 aromatic carbocycles.